The van der Waals surface area contributed by atoms with Crippen LogP contribution in [0.4, 0.5) is 5.69 Å². The van der Waals surface area contributed by atoms with E-state index in [2.05, 4.69) is 0 Å². The van der Waals surface area contributed by atoms with E-state index in [9.17, 15) is 19.5 Å². The quantitative estimate of drug-likeness (QED) is 0.234. The number of carbonyl (C=O) groups excluding carboxylic acids is 3. The molecule has 0 radical (unpaired) electrons. The predicted octanol–water partition coefficient (Wildman–Crippen LogP) is 5.41. The van der Waals surface area contributed by atoms with Gasteiger partial charge in [-0.15, -0.1) is 0 Å². The Kier molecular flexibility index (Phi) is 6.56. The number of ketones is 1. The Balaban J connectivity index is 1.90. The Bertz CT molecular complexity index is 1350. The Labute approximate surface area is 204 Å². The lowest BCUT2D eigenvalue weighted by Crippen LogP contribution is -2.29. The van der Waals surface area contributed by atoms with Crippen LogP contribution in [0.5, 0.6) is 0 Å². The molecule has 1 saturated heterocycles. The number of aliphatic hydroxyl groups excluding tert-OH is 1. The third kappa shape index (κ3) is 4.47. The van der Waals surface area contributed by atoms with Crippen molar-refractivity contribution in [3.8, 4) is 0 Å². The number of hydrogen-bond donors (Lipinski definition) is 1. The van der Waals surface area contributed by atoms with Crippen molar-refractivity contribution in [3.05, 3.63) is 106 Å². The highest BCUT2D eigenvalue weighted by Crippen LogP contribution is 2.42. The van der Waals surface area contributed by atoms with Gasteiger partial charge in [0.15, 0.2) is 0 Å². The molecule has 6 heteroatoms. The predicted molar refractivity (Wildman–Crippen MR) is 134 cm³/mol. The minimum absolute atomic E-state index is 0.0313. The number of ether oxygens (including phenoxy) is 1. The van der Waals surface area contributed by atoms with Crippen molar-refractivity contribution in [2.45, 2.75) is 33.7 Å². The molecule has 0 spiro atoms. The van der Waals surface area contributed by atoms with Gasteiger partial charge in [-0.2, -0.15) is 0 Å². The molecule has 1 atom stereocenters. The van der Waals surface area contributed by atoms with E-state index in [1.54, 1.807) is 37.3 Å². The monoisotopic (exact) mass is 469 g/mol. The van der Waals surface area contributed by atoms with Crippen LogP contribution in [-0.2, 0) is 14.3 Å². The molecule has 1 aliphatic rings. The lowest BCUT2D eigenvalue weighted by Gasteiger charge is -2.26. The van der Waals surface area contributed by atoms with Crippen LogP contribution >= 0.6 is 0 Å². The van der Waals surface area contributed by atoms with E-state index in [4.69, 9.17) is 4.74 Å². The zero-order chi connectivity index (χ0) is 25.3. The van der Waals surface area contributed by atoms with Crippen LogP contribution in [0.1, 0.15) is 51.1 Å². The van der Waals surface area contributed by atoms with Crippen molar-refractivity contribution < 1.29 is 24.2 Å². The zero-order valence-corrected chi connectivity index (χ0v) is 20.2. The smallest absolute Gasteiger partial charge is 0.338 e. The molecule has 0 aromatic heterocycles. The maximum atomic E-state index is 13.3. The van der Waals surface area contributed by atoms with Gasteiger partial charge in [0.1, 0.15) is 5.76 Å². The summed E-state index contributed by atoms with van der Waals surface area (Å²) in [5.74, 6) is -2.18. The summed E-state index contributed by atoms with van der Waals surface area (Å²) in [5, 5.41) is 11.4. The fourth-order valence-corrected chi connectivity index (χ4v) is 4.36. The average Bonchev–Trinajstić information content (AvgIpc) is 3.11. The summed E-state index contributed by atoms with van der Waals surface area (Å²) in [6.07, 6.45) is 0. The van der Waals surface area contributed by atoms with Crippen molar-refractivity contribution >= 4 is 29.1 Å². The van der Waals surface area contributed by atoms with E-state index in [1.807, 2.05) is 57.2 Å². The van der Waals surface area contributed by atoms with Crippen LogP contribution in [0.3, 0.4) is 0 Å². The average molecular weight is 470 g/mol. The Hall–Kier alpha value is -4.19. The first-order valence-electron chi connectivity index (χ1n) is 11.4. The molecule has 1 unspecified atom stereocenters. The van der Waals surface area contributed by atoms with Gasteiger partial charge in [0, 0.05) is 11.3 Å². The molecule has 6 nitrogen and oxygen atoms in total. The van der Waals surface area contributed by atoms with Gasteiger partial charge in [-0.05, 0) is 69.2 Å². The van der Waals surface area contributed by atoms with Gasteiger partial charge in [-0.3, -0.25) is 14.5 Å². The van der Waals surface area contributed by atoms with E-state index < -0.39 is 23.7 Å². The normalized spacial score (nSPS) is 17.0. The zero-order valence-electron chi connectivity index (χ0n) is 20.2. The SMILES string of the molecule is CCOC(=O)c1ccc(N2C(=O)C(=O)/C(=C(/O)c3cc(C)ccc3C)C2c2cccc(C)c2)cc1. The van der Waals surface area contributed by atoms with E-state index in [0.29, 0.717) is 22.4 Å². The highest BCUT2D eigenvalue weighted by molar-refractivity contribution is 6.51. The van der Waals surface area contributed by atoms with Crippen molar-refractivity contribution in [3.63, 3.8) is 0 Å². The van der Waals surface area contributed by atoms with Crippen molar-refractivity contribution in [2.24, 2.45) is 0 Å². The molecule has 0 saturated carbocycles. The third-order valence-corrected chi connectivity index (χ3v) is 6.11. The van der Waals surface area contributed by atoms with Crippen LogP contribution < -0.4 is 4.90 Å². The summed E-state index contributed by atoms with van der Waals surface area (Å²) in [6.45, 7) is 7.65. The van der Waals surface area contributed by atoms with Crippen LogP contribution in [-0.4, -0.2) is 29.4 Å². The molecule has 1 heterocycles. The number of hydrogen-bond acceptors (Lipinski definition) is 5. The van der Waals surface area contributed by atoms with Gasteiger partial charge in [-0.1, -0.05) is 47.5 Å². The number of anilines is 1. The number of carbonyl (C=O) groups is 3. The first-order valence-corrected chi connectivity index (χ1v) is 11.4. The second-order valence-electron chi connectivity index (χ2n) is 8.67. The van der Waals surface area contributed by atoms with Crippen molar-refractivity contribution in [2.75, 3.05) is 11.5 Å². The lowest BCUT2D eigenvalue weighted by atomic mass is 9.92. The van der Waals surface area contributed by atoms with Gasteiger partial charge >= 0.3 is 5.97 Å². The van der Waals surface area contributed by atoms with E-state index in [1.165, 1.54) is 4.90 Å². The molecule has 1 N–H and O–H groups in total. The second kappa shape index (κ2) is 9.58. The van der Waals surface area contributed by atoms with Gasteiger partial charge in [-0.25, -0.2) is 4.79 Å². The van der Waals surface area contributed by atoms with Gasteiger partial charge in [0.05, 0.1) is 23.8 Å². The summed E-state index contributed by atoms with van der Waals surface area (Å²) in [7, 11) is 0. The summed E-state index contributed by atoms with van der Waals surface area (Å²) < 4.78 is 5.04. The molecule has 1 fully saturated rings. The molecule has 3 aromatic carbocycles. The molecule has 1 amide bonds. The number of amides is 1. The molecule has 178 valence electrons. The van der Waals surface area contributed by atoms with E-state index in [-0.39, 0.29) is 17.9 Å². The van der Waals surface area contributed by atoms with E-state index in [0.717, 1.165) is 16.7 Å². The Morgan fingerprint density at radius 3 is 2.29 bits per heavy atom. The van der Waals surface area contributed by atoms with Crippen molar-refractivity contribution in [1.29, 1.82) is 0 Å². The van der Waals surface area contributed by atoms with Crippen LogP contribution in [0.2, 0.25) is 0 Å². The summed E-state index contributed by atoms with van der Waals surface area (Å²) in [5.41, 5.74) is 4.69. The Morgan fingerprint density at radius 2 is 1.63 bits per heavy atom. The first kappa shape index (κ1) is 24.0. The number of aliphatic hydroxyl groups is 1. The van der Waals surface area contributed by atoms with Gasteiger partial charge in [0.2, 0.25) is 0 Å². The molecule has 35 heavy (non-hydrogen) atoms. The largest absolute Gasteiger partial charge is 0.507 e. The second-order valence-corrected chi connectivity index (χ2v) is 8.67. The van der Waals surface area contributed by atoms with Crippen LogP contribution in [0.15, 0.2) is 72.3 Å². The highest BCUT2D eigenvalue weighted by Gasteiger charge is 2.47. The van der Waals surface area contributed by atoms with Crippen molar-refractivity contribution in [1.82, 2.24) is 0 Å². The molecular formula is C29H27NO5. The molecule has 3 aromatic rings. The van der Waals surface area contributed by atoms with Gasteiger partial charge < -0.3 is 9.84 Å². The number of nitrogens with zero attached hydrogens (tertiary/aromatic N) is 1. The minimum Gasteiger partial charge on any atom is -0.507 e. The molecule has 4 rings (SSSR count). The molecule has 0 bridgehead atoms. The van der Waals surface area contributed by atoms with Crippen LogP contribution in [0.25, 0.3) is 5.76 Å². The molecule has 1 aliphatic heterocycles. The number of Topliss-reactive ketones (excluding diaryl/α,β-unsaturated/α-hetero) is 1. The fraction of sp³-hybridized carbons (Fsp3) is 0.207. The van der Waals surface area contributed by atoms with E-state index >= 15 is 0 Å². The maximum Gasteiger partial charge on any atom is 0.338 e. The summed E-state index contributed by atoms with van der Waals surface area (Å²) >= 11 is 0. The number of benzene rings is 3. The minimum atomic E-state index is -0.830. The molecule has 0 aliphatic carbocycles. The summed E-state index contributed by atoms with van der Waals surface area (Å²) in [6, 6.07) is 18.6. The highest BCUT2D eigenvalue weighted by atomic mass is 16.5. The summed E-state index contributed by atoms with van der Waals surface area (Å²) in [4.78, 5) is 40.1. The standard InChI is InChI=1S/C29H27NO5/c1-5-35-29(34)20-11-13-22(14-12-20)30-25(21-8-6-7-17(2)15-21)24(27(32)28(30)33)26(31)23-16-18(3)9-10-19(23)4/h6-16,25,31H,5H2,1-4H3/b26-24+. The lowest BCUT2D eigenvalue weighted by molar-refractivity contribution is -0.132. The maximum absolute atomic E-state index is 13.3. The first-order chi connectivity index (χ1) is 16.7. The van der Waals surface area contributed by atoms with Gasteiger partial charge in [0.25, 0.3) is 11.7 Å². The number of aryl methyl sites for hydroxylation is 3. The third-order valence-electron chi connectivity index (χ3n) is 6.11. The number of esters is 1. The topological polar surface area (TPSA) is 83.9 Å². The molecular weight excluding hydrogens is 442 g/mol. The van der Waals surface area contributed by atoms with Crippen LogP contribution in [0, 0.1) is 20.8 Å². The fourth-order valence-electron chi connectivity index (χ4n) is 4.36. The number of rotatable bonds is 5. The Morgan fingerprint density at radius 1 is 0.943 bits per heavy atom.